The van der Waals surface area contributed by atoms with Gasteiger partial charge in [0, 0.05) is 12.0 Å². The molecular formula is C19H21N5O3. The first-order valence-corrected chi connectivity index (χ1v) is 9.27. The molecule has 1 aliphatic carbocycles. The number of Topliss-reactive ketones (excluding diaryl/α,β-unsaturated/α-hetero) is 1. The van der Waals surface area contributed by atoms with Crippen LogP contribution in [-0.4, -0.2) is 37.8 Å². The fraction of sp³-hybridized carbons (Fsp3) is 0.421. The molecule has 1 saturated carbocycles. The SMILES string of the molecule is CCOc1cc(C(=O)CC2CCCC2)ccc1-c1nc2n[nH]nc2c(=O)[nH]1. The van der Waals surface area contributed by atoms with Crippen LogP contribution in [-0.2, 0) is 0 Å². The van der Waals surface area contributed by atoms with Crippen LogP contribution in [0, 0.1) is 5.92 Å². The summed E-state index contributed by atoms with van der Waals surface area (Å²) in [6, 6.07) is 5.27. The molecule has 140 valence electrons. The molecule has 2 heterocycles. The zero-order chi connectivity index (χ0) is 18.8. The summed E-state index contributed by atoms with van der Waals surface area (Å²) >= 11 is 0. The van der Waals surface area contributed by atoms with Crippen molar-refractivity contribution < 1.29 is 9.53 Å². The maximum atomic E-state index is 12.6. The number of carbonyl (C=O) groups excluding carboxylic acids is 1. The molecule has 0 aliphatic heterocycles. The van der Waals surface area contributed by atoms with E-state index in [1.54, 1.807) is 18.2 Å². The third-order valence-electron chi connectivity index (χ3n) is 5.00. The van der Waals surface area contributed by atoms with E-state index < -0.39 is 0 Å². The average Bonchev–Trinajstić information content (AvgIpc) is 3.33. The molecule has 8 heteroatoms. The minimum absolute atomic E-state index is 0.128. The lowest BCUT2D eigenvalue weighted by Crippen LogP contribution is -2.11. The van der Waals surface area contributed by atoms with Crippen LogP contribution in [0.4, 0.5) is 0 Å². The first kappa shape index (κ1) is 17.4. The number of aromatic nitrogens is 5. The number of ether oxygens (including phenoxy) is 1. The molecule has 27 heavy (non-hydrogen) atoms. The summed E-state index contributed by atoms with van der Waals surface area (Å²) in [4.78, 5) is 31.9. The van der Waals surface area contributed by atoms with E-state index in [0.29, 0.717) is 41.6 Å². The fourth-order valence-corrected chi connectivity index (χ4v) is 3.64. The Morgan fingerprint density at radius 2 is 2.07 bits per heavy atom. The highest BCUT2D eigenvalue weighted by Crippen LogP contribution is 2.32. The average molecular weight is 367 g/mol. The highest BCUT2D eigenvalue weighted by molar-refractivity contribution is 5.97. The van der Waals surface area contributed by atoms with Crippen molar-refractivity contribution in [2.45, 2.75) is 39.0 Å². The number of hydrogen-bond donors (Lipinski definition) is 2. The maximum absolute atomic E-state index is 12.6. The molecular weight excluding hydrogens is 346 g/mol. The van der Waals surface area contributed by atoms with Crippen LogP contribution in [0.25, 0.3) is 22.6 Å². The molecule has 0 radical (unpaired) electrons. The van der Waals surface area contributed by atoms with Gasteiger partial charge in [0.2, 0.25) is 5.65 Å². The topological polar surface area (TPSA) is 114 Å². The van der Waals surface area contributed by atoms with Gasteiger partial charge in [0.15, 0.2) is 11.3 Å². The minimum atomic E-state index is -0.382. The van der Waals surface area contributed by atoms with Crippen molar-refractivity contribution >= 4 is 16.9 Å². The Balaban J connectivity index is 1.69. The van der Waals surface area contributed by atoms with E-state index in [0.717, 1.165) is 12.8 Å². The van der Waals surface area contributed by atoms with E-state index in [4.69, 9.17) is 4.74 Å². The van der Waals surface area contributed by atoms with Crippen molar-refractivity contribution in [2.75, 3.05) is 6.61 Å². The molecule has 0 spiro atoms. The van der Waals surface area contributed by atoms with Gasteiger partial charge in [-0.25, -0.2) is 4.98 Å². The van der Waals surface area contributed by atoms with E-state index >= 15 is 0 Å². The van der Waals surface area contributed by atoms with E-state index in [9.17, 15) is 9.59 Å². The summed E-state index contributed by atoms with van der Waals surface area (Å²) in [5, 5.41) is 10.1. The van der Waals surface area contributed by atoms with Crippen molar-refractivity contribution in [3.8, 4) is 17.1 Å². The highest BCUT2D eigenvalue weighted by atomic mass is 16.5. The number of fused-ring (bicyclic) bond motifs is 1. The summed E-state index contributed by atoms with van der Waals surface area (Å²) in [7, 11) is 0. The molecule has 0 unspecified atom stereocenters. The zero-order valence-corrected chi connectivity index (χ0v) is 15.1. The van der Waals surface area contributed by atoms with Gasteiger partial charge in [-0.05, 0) is 25.0 Å². The Labute approximate surface area is 155 Å². The van der Waals surface area contributed by atoms with Crippen LogP contribution in [0.5, 0.6) is 5.75 Å². The Bertz CT molecular complexity index is 1030. The fourth-order valence-electron chi connectivity index (χ4n) is 3.64. The standard InChI is InChI=1S/C19H21N5O3/c1-2-27-15-10-12(14(25)9-11-5-3-4-6-11)7-8-13(15)17-20-18-16(19(26)21-17)22-24-23-18/h7-8,10-11H,2-6,9H2,1H3,(H2,20,21,22,23,24,26). The second kappa shape index (κ2) is 7.30. The van der Waals surface area contributed by atoms with Crippen LogP contribution in [0.2, 0.25) is 0 Å². The lowest BCUT2D eigenvalue weighted by Gasteiger charge is -2.12. The van der Waals surface area contributed by atoms with Crippen LogP contribution < -0.4 is 10.3 Å². The van der Waals surface area contributed by atoms with Crippen LogP contribution in [0.1, 0.15) is 49.4 Å². The highest BCUT2D eigenvalue weighted by Gasteiger charge is 2.21. The third-order valence-corrected chi connectivity index (χ3v) is 5.00. The largest absolute Gasteiger partial charge is 0.493 e. The number of benzene rings is 1. The Morgan fingerprint density at radius 1 is 1.26 bits per heavy atom. The lowest BCUT2D eigenvalue weighted by atomic mass is 9.96. The summed E-state index contributed by atoms with van der Waals surface area (Å²) in [6.45, 7) is 2.30. The van der Waals surface area contributed by atoms with Gasteiger partial charge in [0.05, 0.1) is 12.2 Å². The Morgan fingerprint density at radius 3 is 2.85 bits per heavy atom. The number of ketones is 1. The molecule has 1 aliphatic rings. The van der Waals surface area contributed by atoms with E-state index in [2.05, 4.69) is 25.4 Å². The number of hydrogen-bond acceptors (Lipinski definition) is 6. The van der Waals surface area contributed by atoms with Gasteiger partial charge < -0.3 is 9.72 Å². The predicted molar refractivity (Wildman–Crippen MR) is 99.8 cm³/mol. The second-order valence-corrected chi connectivity index (χ2v) is 6.83. The summed E-state index contributed by atoms with van der Waals surface area (Å²) in [6.07, 6.45) is 5.26. The second-order valence-electron chi connectivity index (χ2n) is 6.83. The minimum Gasteiger partial charge on any atom is -0.493 e. The molecule has 0 amide bonds. The summed E-state index contributed by atoms with van der Waals surface area (Å²) in [5.74, 6) is 1.46. The van der Waals surface area contributed by atoms with Gasteiger partial charge in [-0.2, -0.15) is 5.21 Å². The summed E-state index contributed by atoms with van der Waals surface area (Å²) in [5.41, 5.74) is 1.24. The quantitative estimate of drug-likeness (QED) is 0.648. The molecule has 0 atom stereocenters. The molecule has 2 aromatic heterocycles. The maximum Gasteiger partial charge on any atom is 0.281 e. The van der Waals surface area contributed by atoms with Gasteiger partial charge in [-0.15, -0.1) is 10.2 Å². The van der Waals surface area contributed by atoms with Gasteiger partial charge in [-0.1, -0.05) is 31.7 Å². The van der Waals surface area contributed by atoms with Gasteiger partial charge in [0.1, 0.15) is 11.6 Å². The van der Waals surface area contributed by atoms with Crippen molar-refractivity contribution in [1.82, 2.24) is 25.4 Å². The summed E-state index contributed by atoms with van der Waals surface area (Å²) < 4.78 is 5.73. The number of carbonyl (C=O) groups is 1. The number of nitrogens with one attached hydrogen (secondary N) is 2. The number of H-pyrrole nitrogens is 2. The van der Waals surface area contributed by atoms with Crippen molar-refractivity contribution in [3.63, 3.8) is 0 Å². The van der Waals surface area contributed by atoms with E-state index in [1.807, 2.05) is 6.92 Å². The van der Waals surface area contributed by atoms with Crippen molar-refractivity contribution in [3.05, 3.63) is 34.1 Å². The lowest BCUT2D eigenvalue weighted by molar-refractivity contribution is 0.0961. The number of nitrogens with zero attached hydrogens (tertiary/aromatic N) is 3. The molecule has 3 aromatic rings. The zero-order valence-electron chi connectivity index (χ0n) is 15.1. The molecule has 8 nitrogen and oxygen atoms in total. The van der Waals surface area contributed by atoms with Gasteiger partial charge in [0.25, 0.3) is 5.56 Å². The molecule has 1 aromatic carbocycles. The Hall–Kier alpha value is -3.03. The van der Waals surface area contributed by atoms with Crippen molar-refractivity contribution in [1.29, 1.82) is 0 Å². The molecule has 0 bridgehead atoms. The molecule has 0 saturated heterocycles. The molecule has 2 N–H and O–H groups in total. The normalized spacial score (nSPS) is 14.7. The molecule has 4 rings (SSSR count). The number of aromatic amines is 2. The van der Waals surface area contributed by atoms with Crippen molar-refractivity contribution in [2.24, 2.45) is 5.92 Å². The Kier molecular flexibility index (Phi) is 4.70. The van der Waals surface area contributed by atoms with E-state index in [1.165, 1.54) is 12.8 Å². The third kappa shape index (κ3) is 3.47. The van der Waals surface area contributed by atoms with Crippen LogP contribution in [0.3, 0.4) is 0 Å². The van der Waals surface area contributed by atoms with Crippen LogP contribution >= 0.6 is 0 Å². The first-order valence-electron chi connectivity index (χ1n) is 9.27. The number of rotatable bonds is 6. The van der Waals surface area contributed by atoms with Gasteiger partial charge in [-0.3, -0.25) is 9.59 Å². The predicted octanol–water partition coefficient (Wildman–Crippen LogP) is 2.87. The monoisotopic (exact) mass is 367 g/mol. The first-order chi connectivity index (χ1) is 13.2. The van der Waals surface area contributed by atoms with Gasteiger partial charge >= 0.3 is 0 Å². The van der Waals surface area contributed by atoms with Crippen LogP contribution in [0.15, 0.2) is 23.0 Å². The van der Waals surface area contributed by atoms with E-state index in [-0.39, 0.29) is 22.5 Å². The molecule has 1 fully saturated rings. The smallest absolute Gasteiger partial charge is 0.281 e.